The zero-order valence-corrected chi connectivity index (χ0v) is 8.89. The fourth-order valence-electron chi connectivity index (χ4n) is 0.824. The first kappa shape index (κ1) is 12.6. The van der Waals surface area contributed by atoms with E-state index in [9.17, 15) is 9.18 Å². The van der Waals surface area contributed by atoms with E-state index < -0.39 is 5.82 Å². The molecule has 0 unspecified atom stereocenters. The van der Waals surface area contributed by atoms with Gasteiger partial charge >= 0.3 is 0 Å². The Kier molecular flexibility index (Phi) is 5.44. The Morgan fingerprint density at radius 2 is 2.07 bits per heavy atom. The van der Waals surface area contributed by atoms with Crippen LogP contribution in [0, 0.1) is 12.7 Å². The van der Waals surface area contributed by atoms with Gasteiger partial charge in [0.1, 0.15) is 5.82 Å². The van der Waals surface area contributed by atoms with Crippen LogP contribution in [0.3, 0.4) is 0 Å². The maximum absolute atomic E-state index is 12.6. The average molecular weight is 198 g/mol. The smallest absolute Gasteiger partial charge is 0.221 e. The first-order valence-corrected chi connectivity index (χ1v) is 4.49. The molecule has 1 rings (SSSR count). The van der Waals surface area contributed by atoms with E-state index in [0.29, 0.717) is 11.4 Å². The lowest BCUT2D eigenvalue weighted by Gasteiger charge is -2.04. The summed E-state index contributed by atoms with van der Waals surface area (Å²) in [5.74, 6) is -0.685. The largest absolute Gasteiger partial charge is 0.325 e. The van der Waals surface area contributed by atoms with Crippen LogP contribution in [-0.4, -0.2) is 10.9 Å². The molecular weight excluding hydrogens is 183 g/mol. The molecule has 0 saturated heterocycles. The van der Waals surface area contributed by atoms with E-state index >= 15 is 0 Å². The van der Waals surface area contributed by atoms with E-state index in [2.05, 4.69) is 10.3 Å². The van der Waals surface area contributed by atoms with Gasteiger partial charge in [0.25, 0.3) is 0 Å². The van der Waals surface area contributed by atoms with Crippen molar-refractivity contribution in [1.29, 1.82) is 0 Å². The number of carbonyl (C=O) groups is 1. The van der Waals surface area contributed by atoms with E-state index in [1.165, 1.54) is 13.0 Å². The summed E-state index contributed by atoms with van der Waals surface area (Å²) in [6.07, 6.45) is 1.11. The van der Waals surface area contributed by atoms with Crippen LogP contribution >= 0.6 is 0 Å². The van der Waals surface area contributed by atoms with Gasteiger partial charge in [0.15, 0.2) is 0 Å². The van der Waals surface area contributed by atoms with Gasteiger partial charge in [-0.3, -0.25) is 9.78 Å². The summed E-state index contributed by atoms with van der Waals surface area (Å²) in [5, 5.41) is 2.47. The van der Waals surface area contributed by atoms with Crippen molar-refractivity contribution < 1.29 is 9.18 Å². The van der Waals surface area contributed by atoms with Crippen LogP contribution in [-0.2, 0) is 4.79 Å². The van der Waals surface area contributed by atoms with E-state index in [1.54, 1.807) is 6.92 Å². The van der Waals surface area contributed by atoms with Crippen LogP contribution in [0.25, 0.3) is 0 Å². The fourth-order valence-corrected chi connectivity index (χ4v) is 0.824. The molecule has 0 bridgehead atoms. The quantitative estimate of drug-likeness (QED) is 0.753. The number of amides is 1. The third-order valence-electron chi connectivity index (χ3n) is 1.36. The normalized spacial score (nSPS) is 8.64. The molecule has 3 nitrogen and oxygen atoms in total. The molecule has 1 N–H and O–H groups in total. The zero-order valence-electron chi connectivity index (χ0n) is 8.89. The highest BCUT2D eigenvalue weighted by molar-refractivity contribution is 5.89. The molecule has 14 heavy (non-hydrogen) atoms. The summed E-state index contributed by atoms with van der Waals surface area (Å²) in [5.41, 5.74) is 1.02. The molecule has 1 aromatic heterocycles. The topological polar surface area (TPSA) is 42.0 Å². The first-order valence-electron chi connectivity index (χ1n) is 4.49. The number of hydrogen-bond acceptors (Lipinski definition) is 2. The number of pyridine rings is 1. The number of hydrogen-bond donors (Lipinski definition) is 1. The van der Waals surface area contributed by atoms with Gasteiger partial charge in [-0.25, -0.2) is 4.39 Å². The van der Waals surface area contributed by atoms with Crippen LogP contribution < -0.4 is 5.32 Å². The number of carbonyl (C=O) groups excluding carboxylic acids is 1. The van der Waals surface area contributed by atoms with Gasteiger partial charge in [0.2, 0.25) is 5.91 Å². The van der Waals surface area contributed by atoms with E-state index in [-0.39, 0.29) is 5.91 Å². The molecule has 1 amide bonds. The predicted octanol–water partition coefficient (Wildman–Crippen LogP) is 2.51. The van der Waals surface area contributed by atoms with E-state index in [0.717, 1.165) is 6.20 Å². The Morgan fingerprint density at radius 1 is 1.50 bits per heavy atom. The van der Waals surface area contributed by atoms with Gasteiger partial charge in [0, 0.05) is 13.0 Å². The van der Waals surface area contributed by atoms with Gasteiger partial charge in [-0.1, -0.05) is 13.8 Å². The number of aryl methyl sites for hydroxylation is 1. The van der Waals surface area contributed by atoms with Crippen LogP contribution in [0.5, 0.6) is 0 Å². The number of anilines is 1. The summed E-state index contributed by atoms with van der Waals surface area (Å²) in [6.45, 7) is 7.06. The van der Waals surface area contributed by atoms with Crippen molar-refractivity contribution in [3.8, 4) is 0 Å². The minimum Gasteiger partial charge on any atom is -0.325 e. The number of nitrogens with one attached hydrogen (secondary N) is 1. The second-order valence-electron chi connectivity index (χ2n) is 2.47. The molecule has 0 aliphatic heterocycles. The summed E-state index contributed by atoms with van der Waals surface area (Å²) in [6, 6.07) is 1.24. The first-order chi connectivity index (χ1) is 6.59. The van der Waals surface area contributed by atoms with Crippen molar-refractivity contribution in [2.24, 2.45) is 0 Å². The zero-order chi connectivity index (χ0) is 11.1. The monoisotopic (exact) mass is 198 g/mol. The number of halogens is 1. The molecule has 4 heteroatoms. The second-order valence-corrected chi connectivity index (χ2v) is 2.47. The molecule has 0 radical (unpaired) electrons. The Hall–Kier alpha value is -1.45. The lowest BCUT2D eigenvalue weighted by molar-refractivity contribution is -0.114. The maximum Gasteiger partial charge on any atom is 0.221 e. The molecule has 0 atom stereocenters. The maximum atomic E-state index is 12.6. The SMILES string of the molecule is CC.CC(=O)Nc1cc(F)cnc1C. The van der Waals surface area contributed by atoms with Gasteiger partial charge in [-0.15, -0.1) is 0 Å². The Balaban J connectivity index is 0.000000791. The number of nitrogens with zero attached hydrogens (tertiary/aromatic N) is 1. The highest BCUT2D eigenvalue weighted by atomic mass is 19.1. The summed E-state index contributed by atoms with van der Waals surface area (Å²) >= 11 is 0. The lowest BCUT2D eigenvalue weighted by atomic mass is 10.3. The van der Waals surface area contributed by atoms with Crippen molar-refractivity contribution >= 4 is 11.6 Å². The Bertz CT molecular complexity index is 313. The lowest BCUT2D eigenvalue weighted by Crippen LogP contribution is -2.08. The number of rotatable bonds is 1. The van der Waals surface area contributed by atoms with Crippen LogP contribution in [0.2, 0.25) is 0 Å². The molecule has 0 aliphatic rings. The molecule has 0 fully saturated rings. The minimum absolute atomic E-state index is 0.231. The van der Waals surface area contributed by atoms with Gasteiger partial charge in [-0.05, 0) is 6.92 Å². The van der Waals surface area contributed by atoms with Crippen LogP contribution in [0.1, 0.15) is 26.5 Å². The fraction of sp³-hybridized carbons (Fsp3) is 0.400. The van der Waals surface area contributed by atoms with Crippen molar-refractivity contribution in [3.05, 3.63) is 23.8 Å². The Morgan fingerprint density at radius 3 is 2.57 bits per heavy atom. The molecule has 78 valence electrons. The van der Waals surface area contributed by atoms with Crippen molar-refractivity contribution in [2.75, 3.05) is 5.32 Å². The van der Waals surface area contributed by atoms with E-state index in [1.807, 2.05) is 13.8 Å². The molecule has 1 aromatic rings. The predicted molar refractivity (Wildman–Crippen MR) is 54.6 cm³/mol. The average Bonchev–Trinajstić information content (AvgIpc) is 2.14. The minimum atomic E-state index is -0.454. The van der Waals surface area contributed by atoms with Crippen molar-refractivity contribution in [3.63, 3.8) is 0 Å². The molecular formula is C10H15FN2O. The summed E-state index contributed by atoms with van der Waals surface area (Å²) in [4.78, 5) is 14.4. The van der Waals surface area contributed by atoms with Gasteiger partial charge < -0.3 is 5.32 Å². The summed E-state index contributed by atoms with van der Waals surface area (Å²) in [7, 11) is 0. The third kappa shape index (κ3) is 3.98. The molecule has 0 aliphatic carbocycles. The molecule has 0 saturated carbocycles. The van der Waals surface area contributed by atoms with Crippen molar-refractivity contribution in [1.82, 2.24) is 4.98 Å². The number of aromatic nitrogens is 1. The van der Waals surface area contributed by atoms with Gasteiger partial charge in [0.05, 0.1) is 17.6 Å². The summed E-state index contributed by atoms with van der Waals surface area (Å²) < 4.78 is 12.6. The van der Waals surface area contributed by atoms with Gasteiger partial charge in [-0.2, -0.15) is 0 Å². The molecule has 1 heterocycles. The highest BCUT2D eigenvalue weighted by Gasteiger charge is 2.02. The highest BCUT2D eigenvalue weighted by Crippen LogP contribution is 2.12. The molecule has 0 spiro atoms. The van der Waals surface area contributed by atoms with Crippen LogP contribution in [0.15, 0.2) is 12.3 Å². The van der Waals surface area contributed by atoms with Crippen LogP contribution in [0.4, 0.5) is 10.1 Å². The van der Waals surface area contributed by atoms with Crippen molar-refractivity contribution in [2.45, 2.75) is 27.7 Å². The standard InChI is InChI=1S/C8H9FN2O.C2H6/c1-5-8(11-6(2)12)3-7(9)4-10-5;1-2/h3-4H,1-2H3,(H,11,12);1-2H3. The second kappa shape index (κ2) is 6.07. The molecule has 0 aromatic carbocycles. The third-order valence-corrected chi connectivity index (χ3v) is 1.36. The van der Waals surface area contributed by atoms with E-state index in [4.69, 9.17) is 0 Å². The Labute approximate surface area is 83.4 Å².